The highest BCUT2D eigenvalue weighted by Gasteiger charge is 2.08. The Morgan fingerprint density at radius 3 is 2.48 bits per heavy atom. The molecule has 2 aromatic carbocycles. The first-order valence-corrected chi connectivity index (χ1v) is 8.95. The maximum atomic E-state index is 12.4. The molecule has 1 amide bonds. The molecule has 2 aromatic rings. The second-order valence-electron chi connectivity index (χ2n) is 6.00. The topological polar surface area (TPSA) is 48.0 Å². The summed E-state index contributed by atoms with van der Waals surface area (Å²) in [5.74, 6) is 2.11. The van der Waals surface area contributed by atoms with Crippen LogP contribution in [-0.4, -0.2) is 45.2 Å². The number of para-hydroxylation sites is 1. The van der Waals surface area contributed by atoms with Gasteiger partial charge < -0.3 is 19.1 Å². The van der Waals surface area contributed by atoms with E-state index < -0.39 is 0 Å². The fourth-order valence-corrected chi connectivity index (χ4v) is 2.64. The zero-order valence-corrected chi connectivity index (χ0v) is 16.4. The normalized spacial score (nSPS) is 10.7. The van der Waals surface area contributed by atoms with E-state index in [1.54, 1.807) is 38.3 Å². The van der Waals surface area contributed by atoms with Crippen LogP contribution in [0.15, 0.2) is 48.5 Å². The van der Waals surface area contributed by atoms with E-state index in [0.29, 0.717) is 24.7 Å². The minimum atomic E-state index is -0.0539. The molecule has 0 heterocycles. The van der Waals surface area contributed by atoms with E-state index in [-0.39, 0.29) is 5.91 Å². The number of carbonyl (C=O) groups is 1. The Hall–Kier alpha value is -2.95. The molecular formula is C22H27NO4. The summed E-state index contributed by atoms with van der Waals surface area (Å²) in [5.41, 5.74) is 1.97. The molecular weight excluding hydrogens is 342 g/mol. The SMILES string of the molecule is CCOc1ccccc1/C=C/C(=O)N(C)CCc1ccc(OC)c(OC)c1. The maximum Gasteiger partial charge on any atom is 0.246 e. The van der Waals surface area contributed by atoms with Gasteiger partial charge in [0.1, 0.15) is 5.75 Å². The molecule has 0 spiro atoms. The summed E-state index contributed by atoms with van der Waals surface area (Å²) >= 11 is 0. The van der Waals surface area contributed by atoms with Crippen LogP contribution in [0.4, 0.5) is 0 Å². The van der Waals surface area contributed by atoms with E-state index in [0.717, 1.165) is 23.3 Å². The predicted octanol–water partition coefficient (Wildman–Crippen LogP) is 3.82. The van der Waals surface area contributed by atoms with Crippen LogP contribution in [0.1, 0.15) is 18.1 Å². The van der Waals surface area contributed by atoms with Gasteiger partial charge in [0.05, 0.1) is 20.8 Å². The third-order valence-electron chi connectivity index (χ3n) is 4.18. The summed E-state index contributed by atoms with van der Waals surface area (Å²) in [6, 6.07) is 13.5. The van der Waals surface area contributed by atoms with Crippen LogP contribution in [-0.2, 0) is 11.2 Å². The Morgan fingerprint density at radius 2 is 1.78 bits per heavy atom. The van der Waals surface area contributed by atoms with Crippen LogP contribution < -0.4 is 14.2 Å². The Bertz CT molecular complexity index is 786. The van der Waals surface area contributed by atoms with Crippen LogP contribution in [0, 0.1) is 0 Å². The van der Waals surface area contributed by atoms with E-state index in [4.69, 9.17) is 14.2 Å². The first kappa shape index (κ1) is 20.4. The molecule has 144 valence electrons. The molecule has 0 atom stereocenters. The van der Waals surface area contributed by atoms with Gasteiger partial charge in [-0.25, -0.2) is 0 Å². The van der Waals surface area contributed by atoms with Gasteiger partial charge in [-0.3, -0.25) is 4.79 Å². The fourth-order valence-electron chi connectivity index (χ4n) is 2.64. The van der Waals surface area contributed by atoms with Crippen molar-refractivity contribution in [2.24, 2.45) is 0 Å². The van der Waals surface area contributed by atoms with Crippen LogP contribution >= 0.6 is 0 Å². The Morgan fingerprint density at radius 1 is 1.04 bits per heavy atom. The van der Waals surface area contributed by atoms with Gasteiger partial charge >= 0.3 is 0 Å². The molecule has 0 saturated heterocycles. The zero-order valence-electron chi connectivity index (χ0n) is 16.4. The van der Waals surface area contributed by atoms with Crippen molar-refractivity contribution in [3.05, 3.63) is 59.7 Å². The number of ether oxygens (including phenoxy) is 3. The maximum absolute atomic E-state index is 12.4. The average molecular weight is 369 g/mol. The van der Waals surface area contributed by atoms with Crippen molar-refractivity contribution in [3.63, 3.8) is 0 Å². The van der Waals surface area contributed by atoms with Crippen molar-refractivity contribution in [3.8, 4) is 17.2 Å². The zero-order chi connectivity index (χ0) is 19.6. The van der Waals surface area contributed by atoms with Gasteiger partial charge in [-0.2, -0.15) is 0 Å². The Labute approximate surface area is 161 Å². The van der Waals surface area contributed by atoms with Crippen LogP contribution in [0.5, 0.6) is 17.2 Å². The number of benzene rings is 2. The molecule has 0 fully saturated rings. The highest BCUT2D eigenvalue weighted by Crippen LogP contribution is 2.27. The lowest BCUT2D eigenvalue weighted by Crippen LogP contribution is -2.27. The third kappa shape index (κ3) is 5.78. The first-order chi connectivity index (χ1) is 13.1. The third-order valence-corrected chi connectivity index (χ3v) is 4.18. The van der Waals surface area contributed by atoms with Crippen LogP contribution in [0.2, 0.25) is 0 Å². The molecule has 27 heavy (non-hydrogen) atoms. The summed E-state index contributed by atoms with van der Waals surface area (Å²) in [5, 5.41) is 0. The van der Waals surface area contributed by atoms with Gasteiger partial charge in [-0.15, -0.1) is 0 Å². The van der Waals surface area contributed by atoms with Gasteiger partial charge in [0, 0.05) is 25.2 Å². The molecule has 2 rings (SSSR count). The van der Waals surface area contributed by atoms with E-state index >= 15 is 0 Å². The molecule has 0 aliphatic carbocycles. The Balaban J connectivity index is 1.96. The number of amides is 1. The molecule has 0 aliphatic heterocycles. The number of likely N-dealkylation sites (N-methyl/N-ethyl adjacent to an activating group) is 1. The molecule has 0 aliphatic rings. The largest absolute Gasteiger partial charge is 0.493 e. The lowest BCUT2D eigenvalue weighted by atomic mass is 10.1. The van der Waals surface area contributed by atoms with Gasteiger partial charge in [0.15, 0.2) is 11.5 Å². The minimum absolute atomic E-state index is 0.0539. The predicted molar refractivity (Wildman–Crippen MR) is 108 cm³/mol. The number of carbonyl (C=O) groups excluding carboxylic acids is 1. The number of hydrogen-bond acceptors (Lipinski definition) is 4. The van der Waals surface area contributed by atoms with Crippen molar-refractivity contribution in [1.82, 2.24) is 4.90 Å². The van der Waals surface area contributed by atoms with E-state index in [1.165, 1.54) is 0 Å². The summed E-state index contributed by atoms with van der Waals surface area (Å²) in [6.45, 7) is 3.13. The smallest absolute Gasteiger partial charge is 0.246 e. The van der Waals surface area contributed by atoms with Gasteiger partial charge in [-0.1, -0.05) is 24.3 Å². The van der Waals surface area contributed by atoms with Crippen molar-refractivity contribution in [2.75, 3.05) is 34.4 Å². The average Bonchev–Trinajstić information content (AvgIpc) is 2.71. The highest BCUT2D eigenvalue weighted by molar-refractivity contribution is 5.92. The number of methoxy groups -OCH3 is 2. The van der Waals surface area contributed by atoms with Crippen molar-refractivity contribution >= 4 is 12.0 Å². The summed E-state index contributed by atoms with van der Waals surface area (Å²) in [4.78, 5) is 14.1. The Kier molecular flexibility index (Phi) is 7.74. The fraction of sp³-hybridized carbons (Fsp3) is 0.318. The van der Waals surface area contributed by atoms with E-state index in [2.05, 4.69) is 0 Å². The molecule has 0 bridgehead atoms. The molecule has 0 radical (unpaired) electrons. The standard InChI is InChI=1S/C22H27NO4/c1-5-27-19-9-7-6-8-18(19)11-13-22(24)23(2)15-14-17-10-12-20(25-3)21(16-17)26-4/h6-13,16H,5,14-15H2,1-4H3/b13-11+. The van der Waals surface area contributed by atoms with Crippen LogP contribution in [0.25, 0.3) is 6.08 Å². The monoisotopic (exact) mass is 369 g/mol. The first-order valence-electron chi connectivity index (χ1n) is 8.95. The number of hydrogen-bond donors (Lipinski definition) is 0. The van der Waals surface area contributed by atoms with Gasteiger partial charge in [0.25, 0.3) is 0 Å². The van der Waals surface area contributed by atoms with Crippen molar-refractivity contribution < 1.29 is 19.0 Å². The molecule has 5 nitrogen and oxygen atoms in total. The molecule has 0 unspecified atom stereocenters. The van der Waals surface area contributed by atoms with E-state index in [9.17, 15) is 4.79 Å². The lowest BCUT2D eigenvalue weighted by molar-refractivity contribution is -0.124. The number of nitrogens with zero attached hydrogens (tertiary/aromatic N) is 1. The lowest BCUT2D eigenvalue weighted by Gasteiger charge is -2.16. The molecule has 0 N–H and O–H groups in total. The second-order valence-corrected chi connectivity index (χ2v) is 6.00. The molecule has 5 heteroatoms. The second kappa shape index (κ2) is 10.3. The molecule has 0 aromatic heterocycles. The summed E-state index contributed by atoms with van der Waals surface area (Å²) in [6.07, 6.45) is 4.10. The van der Waals surface area contributed by atoms with Gasteiger partial charge in [-0.05, 0) is 43.2 Å². The summed E-state index contributed by atoms with van der Waals surface area (Å²) < 4.78 is 16.1. The highest BCUT2D eigenvalue weighted by atomic mass is 16.5. The number of rotatable bonds is 9. The minimum Gasteiger partial charge on any atom is -0.493 e. The van der Waals surface area contributed by atoms with Crippen molar-refractivity contribution in [2.45, 2.75) is 13.3 Å². The quantitative estimate of drug-likeness (QED) is 0.631. The van der Waals surface area contributed by atoms with Crippen LogP contribution in [0.3, 0.4) is 0 Å². The van der Waals surface area contributed by atoms with Crippen molar-refractivity contribution in [1.29, 1.82) is 0 Å². The van der Waals surface area contributed by atoms with Gasteiger partial charge in [0.2, 0.25) is 5.91 Å². The summed E-state index contributed by atoms with van der Waals surface area (Å²) in [7, 11) is 5.02. The molecule has 0 saturated carbocycles. The van der Waals surface area contributed by atoms with E-state index in [1.807, 2.05) is 49.4 Å².